The summed E-state index contributed by atoms with van der Waals surface area (Å²) >= 11 is 0. The summed E-state index contributed by atoms with van der Waals surface area (Å²) in [6, 6.07) is 8.64. The predicted octanol–water partition coefficient (Wildman–Crippen LogP) is 5.09. The molecule has 1 aromatic heterocycles. The number of hydrogen-bond donors (Lipinski definition) is 0. The van der Waals surface area contributed by atoms with Crippen LogP contribution in [0.3, 0.4) is 0 Å². The average Bonchev–Trinajstić information content (AvgIpc) is 2.85. The van der Waals surface area contributed by atoms with Crippen LogP contribution in [0, 0.1) is 23.0 Å². The molecule has 0 N–H and O–H groups in total. The molecule has 0 unspecified atom stereocenters. The maximum Gasteiger partial charge on any atom is 0.311 e. The molecule has 2 aromatic rings. The lowest BCUT2D eigenvalue weighted by Crippen LogP contribution is -2.50. The van der Waals surface area contributed by atoms with Gasteiger partial charge in [-0.3, -0.25) is 19.9 Å². The van der Waals surface area contributed by atoms with E-state index in [0.29, 0.717) is 25.9 Å². The Morgan fingerprint density at radius 3 is 2.80 bits per heavy atom. The Morgan fingerprint density at radius 2 is 2.11 bits per heavy atom. The number of benzene rings is 1. The first-order valence-electron chi connectivity index (χ1n) is 11.5. The number of hydrogen-bond acceptors (Lipinski definition) is 8. The molecule has 9 nitrogen and oxygen atoms in total. The lowest BCUT2D eigenvalue weighted by molar-refractivity contribution is -0.386. The summed E-state index contributed by atoms with van der Waals surface area (Å²) in [5, 5.41) is 11.5. The predicted molar refractivity (Wildman–Crippen MR) is 129 cm³/mol. The molecule has 0 spiro atoms. The molecule has 9 heteroatoms. The lowest BCUT2D eigenvalue weighted by Gasteiger charge is -2.42. The van der Waals surface area contributed by atoms with E-state index in [0.717, 1.165) is 11.1 Å². The molecule has 0 radical (unpaired) electrons. The van der Waals surface area contributed by atoms with Crippen LogP contribution in [0.15, 0.2) is 54.9 Å². The Morgan fingerprint density at radius 1 is 1.31 bits per heavy atom. The van der Waals surface area contributed by atoms with Crippen LogP contribution < -0.4 is 4.74 Å². The van der Waals surface area contributed by atoms with Crippen molar-refractivity contribution in [3.05, 3.63) is 76.1 Å². The second kappa shape index (κ2) is 11.9. The minimum absolute atomic E-state index is 0.00865. The molecule has 3 rings (SSSR count). The number of methoxy groups -OCH3 is 1. The van der Waals surface area contributed by atoms with Gasteiger partial charge >= 0.3 is 11.7 Å². The van der Waals surface area contributed by atoms with Crippen LogP contribution in [-0.2, 0) is 19.0 Å². The summed E-state index contributed by atoms with van der Waals surface area (Å²) in [7, 11) is 1.37. The van der Waals surface area contributed by atoms with E-state index in [1.54, 1.807) is 45.3 Å². The number of esters is 1. The van der Waals surface area contributed by atoms with Crippen LogP contribution in [0.2, 0.25) is 0 Å². The molecule has 1 aromatic carbocycles. The number of nitro benzene ring substituents is 1. The first-order chi connectivity index (χ1) is 16.7. The summed E-state index contributed by atoms with van der Waals surface area (Å²) in [6.45, 7) is 5.76. The third-order valence-corrected chi connectivity index (χ3v) is 5.77. The number of aromatic nitrogens is 1. The maximum atomic E-state index is 11.5. The first kappa shape index (κ1) is 26.3. The number of carbonyl (C=O) groups is 1. The zero-order chi connectivity index (χ0) is 25.4. The normalized spacial score (nSPS) is 20.5. The minimum Gasteiger partial charge on any atom is -0.475 e. The van der Waals surface area contributed by atoms with Crippen molar-refractivity contribution in [2.45, 2.75) is 58.0 Å². The largest absolute Gasteiger partial charge is 0.475 e. The van der Waals surface area contributed by atoms with Crippen molar-refractivity contribution in [3.8, 4) is 5.75 Å². The minimum atomic E-state index is -1.01. The van der Waals surface area contributed by atoms with E-state index < -0.39 is 16.8 Å². The van der Waals surface area contributed by atoms with E-state index in [-0.39, 0.29) is 29.4 Å². The van der Waals surface area contributed by atoms with Crippen LogP contribution >= 0.6 is 0 Å². The number of pyridine rings is 1. The van der Waals surface area contributed by atoms with Crippen molar-refractivity contribution < 1.29 is 28.7 Å². The fourth-order valence-corrected chi connectivity index (χ4v) is 3.91. The van der Waals surface area contributed by atoms with Crippen molar-refractivity contribution in [2.75, 3.05) is 13.7 Å². The van der Waals surface area contributed by atoms with Gasteiger partial charge in [0.25, 0.3) is 0 Å². The Bertz CT molecular complexity index is 1040. The Hall–Kier alpha value is -3.30. The molecule has 1 aliphatic rings. The highest BCUT2D eigenvalue weighted by Gasteiger charge is 2.42. The highest BCUT2D eigenvalue weighted by molar-refractivity contribution is 5.69. The van der Waals surface area contributed by atoms with Crippen molar-refractivity contribution in [1.29, 1.82) is 0 Å². The summed E-state index contributed by atoms with van der Waals surface area (Å²) in [4.78, 5) is 26.6. The quantitative estimate of drug-likeness (QED) is 0.199. The van der Waals surface area contributed by atoms with Crippen molar-refractivity contribution in [2.24, 2.45) is 5.92 Å². The maximum absolute atomic E-state index is 11.5. The second-order valence-electron chi connectivity index (χ2n) is 9.02. The van der Waals surface area contributed by atoms with Gasteiger partial charge in [0.15, 0.2) is 17.6 Å². The lowest BCUT2D eigenvalue weighted by atomic mass is 9.92. The van der Waals surface area contributed by atoms with Crippen LogP contribution in [0.25, 0.3) is 0 Å². The smallest absolute Gasteiger partial charge is 0.311 e. The number of carbonyl (C=O) groups excluding carboxylic acids is 1. The molecule has 3 atom stereocenters. The van der Waals surface area contributed by atoms with Crippen molar-refractivity contribution in [3.63, 3.8) is 0 Å². The monoisotopic (exact) mass is 484 g/mol. The molecule has 1 aliphatic heterocycles. The third kappa shape index (κ3) is 7.10. The van der Waals surface area contributed by atoms with Gasteiger partial charge in [-0.1, -0.05) is 24.3 Å². The van der Waals surface area contributed by atoms with Gasteiger partial charge in [0, 0.05) is 30.8 Å². The summed E-state index contributed by atoms with van der Waals surface area (Å²) in [5.74, 6) is -0.0770. The third-order valence-electron chi connectivity index (χ3n) is 5.77. The zero-order valence-electron chi connectivity index (χ0n) is 20.5. The van der Waals surface area contributed by atoms with Gasteiger partial charge in [-0.05, 0) is 56.9 Å². The van der Waals surface area contributed by atoms with E-state index in [4.69, 9.17) is 14.2 Å². The molecular formula is C26H32N2O7. The summed E-state index contributed by atoms with van der Waals surface area (Å²) < 4.78 is 23.2. The van der Waals surface area contributed by atoms with Gasteiger partial charge < -0.3 is 18.9 Å². The van der Waals surface area contributed by atoms with Crippen molar-refractivity contribution >= 4 is 11.7 Å². The Kier molecular flexibility index (Phi) is 8.95. The highest BCUT2D eigenvalue weighted by atomic mass is 16.7. The van der Waals surface area contributed by atoms with Gasteiger partial charge in [-0.15, -0.1) is 0 Å². The van der Waals surface area contributed by atoms with E-state index >= 15 is 0 Å². The topological polar surface area (TPSA) is 110 Å². The average molecular weight is 485 g/mol. The fourth-order valence-electron chi connectivity index (χ4n) is 3.91. The molecule has 1 fully saturated rings. The van der Waals surface area contributed by atoms with E-state index in [1.165, 1.54) is 13.2 Å². The molecule has 188 valence electrons. The molecule has 2 heterocycles. The van der Waals surface area contributed by atoms with Crippen LogP contribution in [0.5, 0.6) is 5.75 Å². The standard InChI is InChI=1S/C26H32N2O7/c1-18-12-13-22(21(15-18)28(30)31)35-26(2,3)25-33-17-20(9-6-5-7-11-23(29)32-4)24(34-25)19-10-8-14-27-16-19/h5-6,8,10,12-16,20,24-25H,7,9,11,17H2,1-4H3/b6-5-/t20-,24-,25+/m0/s1. The van der Waals surface area contributed by atoms with Crippen LogP contribution in [0.4, 0.5) is 5.69 Å². The number of nitro groups is 1. The summed E-state index contributed by atoms with van der Waals surface area (Å²) in [5.41, 5.74) is 0.562. The van der Waals surface area contributed by atoms with Gasteiger partial charge in [-0.25, -0.2) is 0 Å². The first-order valence-corrected chi connectivity index (χ1v) is 11.5. The van der Waals surface area contributed by atoms with E-state index in [1.807, 2.05) is 24.3 Å². The van der Waals surface area contributed by atoms with E-state index in [2.05, 4.69) is 9.72 Å². The van der Waals surface area contributed by atoms with Crippen LogP contribution in [-0.4, -0.2) is 41.5 Å². The van der Waals surface area contributed by atoms with Gasteiger partial charge in [-0.2, -0.15) is 0 Å². The highest BCUT2D eigenvalue weighted by Crippen LogP contribution is 2.39. The van der Waals surface area contributed by atoms with Gasteiger partial charge in [0.2, 0.25) is 0 Å². The number of rotatable bonds is 10. The molecule has 0 saturated carbocycles. The number of allylic oxidation sites excluding steroid dienone is 2. The summed E-state index contributed by atoms with van der Waals surface area (Å²) in [6.07, 6.45) is 7.95. The SMILES string of the molecule is COC(=O)CC/C=C\C[C@H]1CO[C@@H](C(C)(C)Oc2ccc(C)cc2[N+](=O)[O-])O[C@H]1c1cccnc1. The molecule has 0 aliphatic carbocycles. The molecule has 0 bridgehead atoms. The molecular weight excluding hydrogens is 452 g/mol. The molecule has 1 saturated heterocycles. The van der Waals surface area contributed by atoms with E-state index in [9.17, 15) is 14.9 Å². The number of aryl methyl sites for hydroxylation is 1. The molecule has 0 amide bonds. The van der Waals surface area contributed by atoms with Crippen molar-refractivity contribution in [1.82, 2.24) is 4.98 Å². The fraction of sp³-hybridized carbons (Fsp3) is 0.462. The number of ether oxygens (including phenoxy) is 4. The second-order valence-corrected chi connectivity index (χ2v) is 9.02. The zero-order valence-corrected chi connectivity index (χ0v) is 20.5. The Balaban J connectivity index is 1.74. The van der Waals surface area contributed by atoms with Gasteiger partial charge in [0.05, 0.1) is 24.7 Å². The number of nitrogens with zero attached hydrogens (tertiary/aromatic N) is 2. The molecule has 35 heavy (non-hydrogen) atoms. The van der Waals surface area contributed by atoms with Gasteiger partial charge in [0.1, 0.15) is 0 Å². The Labute approximate surface area is 205 Å². The van der Waals surface area contributed by atoms with Crippen LogP contribution in [0.1, 0.15) is 50.3 Å².